The molecule has 0 aliphatic carbocycles. The third-order valence-electron chi connectivity index (χ3n) is 2.64. The monoisotopic (exact) mass is 251 g/mol. The van der Waals surface area contributed by atoms with Crippen molar-refractivity contribution >= 4 is 11.3 Å². The zero-order valence-electron chi connectivity index (χ0n) is 9.52. The number of hydrogen-bond acceptors (Lipinski definition) is 3. The molecule has 0 amide bonds. The Labute approximate surface area is 104 Å². The van der Waals surface area contributed by atoms with Crippen LogP contribution in [0.25, 0.3) is 0 Å². The topological polar surface area (TPSA) is 35.2 Å². The van der Waals surface area contributed by atoms with E-state index in [1.54, 1.807) is 17.4 Å². The van der Waals surface area contributed by atoms with Crippen molar-refractivity contribution in [2.75, 3.05) is 7.11 Å². The van der Waals surface area contributed by atoms with Gasteiger partial charge in [-0.3, -0.25) is 0 Å². The van der Waals surface area contributed by atoms with E-state index < -0.39 is 0 Å². The van der Waals surface area contributed by atoms with Gasteiger partial charge >= 0.3 is 0 Å². The molecule has 2 nitrogen and oxygen atoms in total. The number of rotatable bonds is 4. The van der Waals surface area contributed by atoms with Gasteiger partial charge in [-0.05, 0) is 46.5 Å². The van der Waals surface area contributed by atoms with Gasteiger partial charge in [0.2, 0.25) is 0 Å². The van der Waals surface area contributed by atoms with Crippen LogP contribution in [0.15, 0.2) is 35.0 Å². The summed E-state index contributed by atoms with van der Waals surface area (Å²) in [7, 11) is 1.45. The molecule has 0 saturated heterocycles. The minimum Gasteiger partial charge on any atom is -0.494 e. The first kappa shape index (κ1) is 12.1. The number of methoxy groups -OCH3 is 1. The van der Waals surface area contributed by atoms with Crippen LogP contribution in [0, 0.1) is 5.82 Å². The smallest absolute Gasteiger partial charge is 0.165 e. The highest BCUT2D eigenvalue weighted by Gasteiger charge is 2.09. The minimum atomic E-state index is -0.345. The van der Waals surface area contributed by atoms with E-state index in [4.69, 9.17) is 10.5 Å². The lowest BCUT2D eigenvalue weighted by molar-refractivity contribution is 0.386. The summed E-state index contributed by atoms with van der Waals surface area (Å²) < 4.78 is 18.4. The van der Waals surface area contributed by atoms with Crippen LogP contribution >= 0.6 is 11.3 Å². The molecular weight excluding hydrogens is 237 g/mol. The molecule has 0 radical (unpaired) electrons. The molecule has 1 aromatic carbocycles. The fourth-order valence-electron chi connectivity index (χ4n) is 1.69. The average molecular weight is 251 g/mol. The number of nitrogens with two attached hydrogens (primary N) is 1. The van der Waals surface area contributed by atoms with Gasteiger partial charge in [0, 0.05) is 6.04 Å². The van der Waals surface area contributed by atoms with Crippen LogP contribution in [0.3, 0.4) is 0 Å². The lowest BCUT2D eigenvalue weighted by Gasteiger charge is -2.11. The lowest BCUT2D eigenvalue weighted by atomic mass is 10.0. The third-order valence-corrected chi connectivity index (χ3v) is 3.34. The Morgan fingerprint density at radius 1 is 1.41 bits per heavy atom. The highest BCUT2D eigenvalue weighted by molar-refractivity contribution is 7.07. The molecule has 1 aromatic heterocycles. The summed E-state index contributed by atoms with van der Waals surface area (Å²) in [6, 6.07) is 6.86. The van der Waals surface area contributed by atoms with Crippen molar-refractivity contribution in [2.24, 2.45) is 5.73 Å². The Balaban J connectivity index is 2.11. The van der Waals surface area contributed by atoms with Gasteiger partial charge in [-0.15, -0.1) is 0 Å². The zero-order chi connectivity index (χ0) is 12.3. The molecule has 2 rings (SSSR count). The van der Waals surface area contributed by atoms with Crippen LogP contribution in [-0.4, -0.2) is 7.11 Å². The first-order valence-electron chi connectivity index (χ1n) is 5.31. The van der Waals surface area contributed by atoms with Gasteiger partial charge in [0.25, 0.3) is 0 Å². The molecule has 1 unspecified atom stereocenters. The molecule has 90 valence electrons. The van der Waals surface area contributed by atoms with E-state index in [0.29, 0.717) is 6.42 Å². The Morgan fingerprint density at radius 3 is 2.82 bits per heavy atom. The number of halogens is 1. The summed E-state index contributed by atoms with van der Waals surface area (Å²) in [6.45, 7) is 0. The highest BCUT2D eigenvalue weighted by Crippen LogP contribution is 2.22. The fourth-order valence-corrected chi connectivity index (χ4v) is 2.42. The van der Waals surface area contributed by atoms with Gasteiger partial charge < -0.3 is 10.5 Å². The summed E-state index contributed by atoms with van der Waals surface area (Å²) in [4.78, 5) is 0. The molecule has 2 N–H and O–H groups in total. The Bertz CT molecular complexity index is 484. The normalized spacial score (nSPS) is 12.4. The summed E-state index contributed by atoms with van der Waals surface area (Å²) in [5, 5.41) is 4.01. The maximum absolute atomic E-state index is 13.5. The molecule has 17 heavy (non-hydrogen) atoms. The Morgan fingerprint density at radius 2 is 2.24 bits per heavy atom. The van der Waals surface area contributed by atoms with Crippen molar-refractivity contribution in [1.29, 1.82) is 0 Å². The summed E-state index contributed by atoms with van der Waals surface area (Å²) in [5.41, 5.74) is 8.01. The fraction of sp³-hybridized carbons (Fsp3) is 0.231. The predicted molar refractivity (Wildman–Crippen MR) is 67.9 cm³/mol. The molecule has 1 heterocycles. The second-order valence-electron chi connectivity index (χ2n) is 3.84. The first-order chi connectivity index (χ1) is 8.20. The molecule has 0 spiro atoms. The predicted octanol–water partition coefficient (Wildman–Crippen LogP) is 3.14. The van der Waals surface area contributed by atoms with Crippen LogP contribution in [0.5, 0.6) is 5.75 Å². The molecule has 0 saturated carbocycles. The lowest BCUT2D eigenvalue weighted by Crippen LogP contribution is -2.12. The van der Waals surface area contributed by atoms with E-state index in [1.165, 1.54) is 13.2 Å². The van der Waals surface area contributed by atoms with E-state index in [2.05, 4.69) is 0 Å². The van der Waals surface area contributed by atoms with Crippen LogP contribution in [-0.2, 0) is 6.42 Å². The molecule has 1 atom stereocenters. The first-order valence-corrected chi connectivity index (χ1v) is 6.25. The maximum atomic E-state index is 13.5. The molecule has 4 heteroatoms. The van der Waals surface area contributed by atoms with Crippen molar-refractivity contribution in [3.8, 4) is 5.75 Å². The van der Waals surface area contributed by atoms with Crippen LogP contribution in [0.2, 0.25) is 0 Å². The standard InChI is InChI=1S/C13H14FNOS/c1-16-13-3-2-9(6-11(13)14)7-12(15)10-4-5-17-8-10/h2-6,8,12H,7,15H2,1H3. The summed E-state index contributed by atoms with van der Waals surface area (Å²) in [5.74, 6) is -0.0830. The maximum Gasteiger partial charge on any atom is 0.165 e. The summed E-state index contributed by atoms with van der Waals surface area (Å²) >= 11 is 1.61. The van der Waals surface area contributed by atoms with Crippen molar-refractivity contribution in [2.45, 2.75) is 12.5 Å². The van der Waals surface area contributed by atoms with E-state index >= 15 is 0 Å². The van der Waals surface area contributed by atoms with Gasteiger partial charge in [-0.25, -0.2) is 4.39 Å². The molecule has 2 aromatic rings. The molecule has 0 fully saturated rings. The quantitative estimate of drug-likeness (QED) is 0.906. The Hall–Kier alpha value is -1.39. The molecule has 0 aliphatic rings. The second kappa shape index (κ2) is 5.29. The number of ether oxygens (including phenoxy) is 1. The van der Waals surface area contributed by atoms with Crippen LogP contribution in [0.4, 0.5) is 4.39 Å². The molecule has 0 aliphatic heterocycles. The largest absolute Gasteiger partial charge is 0.494 e. The second-order valence-corrected chi connectivity index (χ2v) is 4.62. The van der Waals surface area contributed by atoms with E-state index in [-0.39, 0.29) is 17.6 Å². The van der Waals surface area contributed by atoms with Crippen LogP contribution < -0.4 is 10.5 Å². The highest BCUT2D eigenvalue weighted by atomic mass is 32.1. The van der Waals surface area contributed by atoms with E-state index in [1.807, 2.05) is 22.9 Å². The average Bonchev–Trinajstić information content (AvgIpc) is 2.82. The van der Waals surface area contributed by atoms with Crippen LogP contribution in [0.1, 0.15) is 17.2 Å². The minimum absolute atomic E-state index is 0.0888. The Kier molecular flexibility index (Phi) is 3.76. The number of benzene rings is 1. The van der Waals surface area contributed by atoms with Crippen molar-refractivity contribution < 1.29 is 9.13 Å². The van der Waals surface area contributed by atoms with E-state index in [9.17, 15) is 4.39 Å². The summed E-state index contributed by atoms with van der Waals surface area (Å²) in [6.07, 6.45) is 0.623. The number of thiophene rings is 1. The molecule has 0 bridgehead atoms. The molecular formula is C13H14FNOS. The zero-order valence-corrected chi connectivity index (χ0v) is 10.3. The van der Waals surface area contributed by atoms with Gasteiger partial charge in [-0.1, -0.05) is 6.07 Å². The SMILES string of the molecule is COc1ccc(CC(N)c2ccsc2)cc1F. The van der Waals surface area contributed by atoms with Gasteiger partial charge in [0.05, 0.1) is 7.11 Å². The van der Waals surface area contributed by atoms with Crippen molar-refractivity contribution in [3.63, 3.8) is 0 Å². The van der Waals surface area contributed by atoms with E-state index in [0.717, 1.165) is 11.1 Å². The number of hydrogen-bond donors (Lipinski definition) is 1. The third kappa shape index (κ3) is 2.84. The van der Waals surface area contributed by atoms with Crippen molar-refractivity contribution in [3.05, 3.63) is 52.0 Å². The van der Waals surface area contributed by atoms with Gasteiger partial charge in [-0.2, -0.15) is 11.3 Å². The van der Waals surface area contributed by atoms with Crippen molar-refractivity contribution in [1.82, 2.24) is 0 Å². The van der Waals surface area contributed by atoms with Gasteiger partial charge in [0.1, 0.15) is 0 Å². The van der Waals surface area contributed by atoms with Gasteiger partial charge in [0.15, 0.2) is 11.6 Å².